The van der Waals surface area contributed by atoms with E-state index in [1.807, 2.05) is 30.3 Å². The molecule has 0 bridgehead atoms. The summed E-state index contributed by atoms with van der Waals surface area (Å²) in [4.78, 5) is 59.8. The molecule has 0 spiro atoms. The van der Waals surface area contributed by atoms with E-state index in [9.17, 15) is 19.2 Å². The lowest BCUT2D eigenvalue weighted by Gasteiger charge is -2.23. The number of benzene rings is 3. The van der Waals surface area contributed by atoms with Gasteiger partial charge in [-0.15, -0.1) is 0 Å². The Bertz CT molecular complexity index is 1320. The van der Waals surface area contributed by atoms with E-state index >= 15 is 0 Å². The van der Waals surface area contributed by atoms with Crippen molar-refractivity contribution in [3.05, 3.63) is 82.4 Å². The average Bonchev–Trinajstić information content (AvgIpc) is 2.82. The third-order valence-corrected chi connectivity index (χ3v) is 5.15. The van der Waals surface area contributed by atoms with Crippen LogP contribution >= 0.6 is 0 Å². The van der Waals surface area contributed by atoms with Crippen LogP contribution in [0, 0.1) is 13.8 Å². The molecule has 0 radical (unpaired) electrons. The maximum atomic E-state index is 11.3. The van der Waals surface area contributed by atoms with E-state index in [4.69, 9.17) is 0 Å². The molecule has 0 atom stereocenters. The average molecular weight is 436 g/mol. The van der Waals surface area contributed by atoms with Gasteiger partial charge >= 0.3 is 0 Å². The van der Waals surface area contributed by atoms with Crippen LogP contribution in [-0.4, -0.2) is 24.3 Å². The highest BCUT2D eigenvalue weighted by atomic mass is 16.1. The van der Waals surface area contributed by atoms with E-state index in [0.717, 1.165) is 5.56 Å². The molecule has 0 aliphatic heterocycles. The van der Waals surface area contributed by atoms with E-state index in [1.165, 1.54) is 24.3 Å². The fourth-order valence-corrected chi connectivity index (χ4v) is 3.73. The maximum absolute atomic E-state index is 11.3. The van der Waals surface area contributed by atoms with Crippen LogP contribution in [0.25, 0.3) is 0 Å². The number of aliphatic imine (C=N–C) groups is 4. The third-order valence-electron chi connectivity index (χ3n) is 5.15. The Kier molecular flexibility index (Phi) is 7.25. The highest BCUT2D eigenvalue weighted by Gasteiger charge is 2.27. The number of nitrogens with zero attached hydrogens (tertiary/aromatic N) is 4. The van der Waals surface area contributed by atoms with Gasteiger partial charge in [0, 0.05) is 5.92 Å². The summed E-state index contributed by atoms with van der Waals surface area (Å²) in [6, 6.07) is 16.1. The molecule has 3 aromatic carbocycles. The summed E-state index contributed by atoms with van der Waals surface area (Å²) in [6.07, 6.45) is 6.02. The van der Waals surface area contributed by atoms with Crippen molar-refractivity contribution in [2.45, 2.75) is 19.8 Å². The Morgan fingerprint density at radius 3 is 1.33 bits per heavy atom. The summed E-state index contributed by atoms with van der Waals surface area (Å²) in [5.41, 5.74) is 3.56. The predicted octanol–water partition coefficient (Wildman–Crippen LogP) is 5.35. The monoisotopic (exact) mass is 436 g/mol. The van der Waals surface area contributed by atoms with Crippen LogP contribution < -0.4 is 0 Å². The molecule has 0 amide bonds. The van der Waals surface area contributed by atoms with E-state index in [-0.39, 0.29) is 22.7 Å². The van der Waals surface area contributed by atoms with Gasteiger partial charge in [-0.3, -0.25) is 0 Å². The molecule has 0 unspecified atom stereocenters. The molecule has 0 aromatic heterocycles. The van der Waals surface area contributed by atoms with Crippen molar-refractivity contribution in [1.82, 2.24) is 0 Å². The lowest BCUT2D eigenvalue weighted by atomic mass is 9.82. The molecule has 0 saturated carbocycles. The number of isocyanates is 4. The second-order valence-corrected chi connectivity index (χ2v) is 6.99. The molecular formula is C25H16N4O4. The van der Waals surface area contributed by atoms with Gasteiger partial charge in [0.1, 0.15) is 22.7 Å². The first-order chi connectivity index (χ1) is 16.1. The van der Waals surface area contributed by atoms with Crippen LogP contribution in [-0.2, 0) is 19.2 Å². The van der Waals surface area contributed by atoms with Crippen molar-refractivity contribution in [2.24, 2.45) is 20.0 Å². The van der Waals surface area contributed by atoms with Crippen LogP contribution in [0.2, 0.25) is 0 Å². The molecule has 0 saturated heterocycles. The van der Waals surface area contributed by atoms with Crippen LogP contribution in [0.5, 0.6) is 0 Å². The highest BCUT2D eigenvalue weighted by molar-refractivity contribution is 5.80. The predicted molar refractivity (Wildman–Crippen MR) is 121 cm³/mol. The molecule has 3 rings (SSSR count). The molecule has 8 heteroatoms. The summed E-state index contributed by atoms with van der Waals surface area (Å²) in [5.74, 6) is -0.632. The molecule has 8 nitrogen and oxygen atoms in total. The fourth-order valence-electron chi connectivity index (χ4n) is 3.73. The van der Waals surface area contributed by atoms with Crippen molar-refractivity contribution in [3.63, 3.8) is 0 Å². The zero-order chi connectivity index (χ0) is 23.8. The van der Waals surface area contributed by atoms with Gasteiger partial charge in [-0.05, 0) is 41.7 Å². The molecule has 0 N–H and O–H groups in total. The summed E-state index contributed by atoms with van der Waals surface area (Å²) >= 11 is 0. The summed E-state index contributed by atoms with van der Waals surface area (Å²) in [5, 5.41) is 0. The van der Waals surface area contributed by atoms with Crippen LogP contribution in [0.15, 0.2) is 74.6 Å². The topological polar surface area (TPSA) is 118 Å². The number of carbonyl (C=O) groups excluding carboxylic acids is 4. The standard InChI is InChI=1S/C25H16N4O4/c1-16-8-10-19(24(28-14-32)22(16)26-12-30)21(18-6-4-3-5-7-18)20-11-9-17(2)23(27-13-31)25(20)29-15-33/h3-11,21H,1-2H3. The van der Waals surface area contributed by atoms with Gasteiger partial charge in [0.15, 0.2) is 0 Å². The summed E-state index contributed by atoms with van der Waals surface area (Å²) in [6.45, 7) is 3.43. The minimum absolute atomic E-state index is 0.129. The first-order valence-electron chi connectivity index (χ1n) is 9.70. The van der Waals surface area contributed by atoms with Gasteiger partial charge in [-0.1, -0.05) is 54.6 Å². The second kappa shape index (κ2) is 10.5. The van der Waals surface area contributed by atoms with E-state index in [0.29, 0.717) is 22.3 Å². The van der Waals surface area contributed by atoms with Crippen LogP contribution in [0.4, 0.5) is 22.7 Å². The molecule has 33 heavy (non-hydrogen) atoms. The summed E-state index contributed by atoms with van der Waals surface area (Å²) in [7, 11) is 0. The quantitative estimate of drug-likeness (QED) is 0.282. The van der Waals surface area contributed by atoms with E-state index in [2.05, 4.69) is 20.0 Å². The van der Waals surface area contributed by atoms with Crippen molar-refractivity contribution in [3.8, 4) is 0 Å². The molecule has 3 aromatic rings. The Morgan fingerprint density at radius 1 is 0.545 bits per heavy atom. The Labute approximate surface area is 188 Å². The van der Waals surface area contributed by atoms with Crippen LogP contribution in [0.1, 0.15) is 33.7 Å². The molecule has 160 valence electrons. The molecule has 0 aliphatic carbocycles. The Balaban J connectivity index is 2.51. The largest absolute Gasteiger partial charge is 0.240 e. The zero-order valence-electron chi connectivity index (χ0n) is 17.7. The first kappa shape index (κ1) is 22.9. The molecule has 0 heterocycles. The van der Waals surface area contributed by atoms with Gasteiger partial charge < -0.3 is 0 Å². The van der Waals surface area contributed by atoms with Crippen molar-refractivity contribution in [2.75, 3.05) is 0 Å². The van der Waals surface area contributed by atoms with Gasteiger partial charge in [0.05, 0.1) is 0 Å². The van der Waals surface area contributed by atoms with Crippen molar-refractivity contribution >= 4 is 47.1 Å². The van der Waals surface area contributed by atoms with Gasteiger partial charge in [0.2, 0.25) is 24.3 Å². The Hall–Kier alpha value is -4.82. The minimum Gasteiger partial charge on any atom is -0.211 e. The normalized spacial score (nSPS) is 10.6. The maximum Gasteiger partial charge on any atom is 0.240 e. The van der Waals surface area contributed by atoms with Gasteiger partial charge in [-0.2, -0.15) is 20.0 Å². The van der Waals surface area contributed by atoms with Crippen molar-refractivity contribution in [1.29, 1.82) is 0 Å². The fraction of sp³-hybridized carbons (Fsp3) is 0.120. The smallest absolute Gasteiger partial charge is 0.211 e. The van der Waals surface area contributed by atoms with E-state index in [1.54, 1.807) is 38.1 Å². The molecular weight excluding hydrogens is 420 g/mol. The first-order valence-corrected chi connectivity index (χ1v) is 9.70. The third kappa shape index (κ3) is 4.60. The van der Waals surface area contributed by atoms with Crippen molar-refractivity contribution < 1.29 is 19.2 Å². The minimum atomic E-state index is -0.632. The Morgan fingerprint density at radius 2 is 0.939 bits per heavy atom. The second-order valence-electron chi connectivity index (χ2n) is 6.99. The van der Waals surface area contributed by atoms with Gasteiger partial charge in [0.25, 0.3) is 0 Å². The number of hydrogen-bond donors (Lipinski definition) is 0. The highest BCUT2D eigenvalue weighted by Crippen LogP contribution is 2.48. The van der Waals surface area contributed by atoms with Crippen LogP contribution in [0.3, 0.4) is 0 Å². The molecule has 0 aliphatic rings. The number of aryl methyl sites for hydroxylation is 2. The SMILES string of the molecule is Cc1ccc(C(c2ccccc2)c2ccc(C)c(N=C=O)c2N=C=O)c(N=C=O)c1N=C=O. The van der Waals surface area contributed by atoms with Gasteiger partial charge in [-0.25, -0.2) is 19.2 Å². The lowest BCUT2D eigenvalue weighted by molar-refractivity contribution is 0.564. The zero-order valence-corrected chi connectivity index (χ0v) is 17.7. The number of hydrogen-bond acceptors (Lipinski definition) is 8. The summed E-state index contributed by atoms with van der Waals surface area (Å²) < 4.78 is 0. The number of rotatable bonds is 7. The lowest BCUT2D eigenvalue weighted by Crippen LogP contribution is -2.05. The molecule has 0 fully saturated rings. The van der Waals surface area contributed by atoms with E-state index < -0.39 is 5.92 Å².